The van der Waals surface area contributed by atoms with Crippen molar-refractivity contribution >= 4 is 23.5 Å². The fourth-order valence-electron chi connectivity index (χ4n) is 2.98. The largest absolute Gasteiger partial charge is 0.497 e. The van der Waals surface area contributed by atoms with Crippen LogP contribution in [-0.2, 0) is 4.79 Å². The van der Waals surface area contributed by atoms with Crippen LogP contribution in [0, 0.1) is 0 Å². The van der Waals surface area contributed by atoms with Crippen LogP contribution < -0.4 is 9.64 Å². The van der Waals surface area contributed by atoms with Gasteiger partial charge < -0.3 is 4.74 Å². The van der Waals surface area contributed by atoms with E-state index in [4.69, 9.17) is 4.74 Å². The molecule has 0 bridgehead atoms. The lowest BCUT2D eigenvalue weighted by atomic mass is 10.1. The molecule has 0 atom stereocenters. The number of nitrogens with zero attached hydrogens (tertiary/aromatic N) is 2. The smallest absolute Gasteiger partial charge is 0.282 e. The number of amidine groups is 1. The average Bonchev–Trinajstić information content (AvgIpc) is 3.05. The highest BCUT2D eigenvalue weighted by molar-refractivity contribution is 6.33. The van der Waals surface area contributed by atoms with Crippen LogP contribution in [0.4, 0.5) is 5.69 Å². The first-order valence-electron chi connectivity index (χ1n) is 8.65. The van der Waals surface area contributed by atoms with Gasteiger partial charge in [-0.2, -0.15) is 0 Å². The molecule has 0 N–H and O–H groups in total. The maximum atomic E-state index is 13.2. The molecular formula is C23H18N2O2. The lowest BCUT2D eigenvalue weighted by Crippen LogP contribution is -2.32. The lowest BCUT2D eigenvalue weighted by molar-refractivity contribution is -0.113. The van der Waals surface area contributed by atoms with Crippen LogP contribution in [0.5, 0.6) is 5.75 Å². The van der Waals surface area contributed by atoms with E-state index in [1.54, 1.807) is 12.0 Å². The predicted octanol–water partition coefficient (Wildman–Crippen LogP) is 4.53. The number of hydrogen-bond donors (Lipinski definition) is 0. The second-order valence-corrected chi connectivity index (χ2v) is 6.08. The first-order valence-corrected chi connectivity index (χ1v) is 8.65. The van der Waals surface area contributed by atoms with Gasteiger partial charge in [0.25, 0.3) is 5.91 Å². The SMILES string of the molecule is COc1ccc(N2C(=O)C(=Cc3ccccc3)N=C2c2ccccc2)cc1. The quantitative estimate of drug-likeness (QED) is 0.646. The molecule has 0 aromatic heterocycles. The van der Waals surface area contributed by atoms with Crippen molar-refractivity contribution in [1.29, 1.82) is 0 Å². The van der Waals surface area contributed by atoms with Crippen molar-refractivity contribution in [1.82, 2.24) is 0 Å². The number of aliphatic imine (C=N–C) groups is 1. The van der Waals surface area contributed by atoms with E-state index in [-0.39, 0.29) is 5.91 Å². The minimum atomic E-state index is -0.150. The van der Waals surface area contributed by atoms with Gasteiger partial charge in [0.05, 0.1) is 12.8 Å². The summed E-state index contributed by atoms with van der Waals surface area (Å²) in [4.78, 5) is 19.5. The van der Waals surface area contributed by atoms with Gasteiger partial charge in [0, 0.05) is 5.56 Å². The Balaban J connectivity index is 1.80. The van der Waals surface area contributed by atoms with Crippen LogP contribution in [0.1, 0.15) is 11.1 Å². The Morgan fingerprint density at radius 3 is 2.11 bits per heavy atom. The van der Waals surface area contributed by atoms with Crippen molar-refractivity contribution in [3.05, 3.63) is 102 Å². The summed E-state index contributed by atoms with van der Waals surface area (Å²) < 4.78 is 5.23. The summed E-state index contributed by atoms with van der Waals surface area (Å²) in [5.41, 5.74) is 2.99. The molecule has 1 amide bonds. The molecule has 4 rings (SSSR count). The second kappa shape index (κ2) is 7.30. The maximum Gasteiger partial charge on any atom is 0.282 e. The highest BCUT2D eigenvalue weighted by Gasteiger charge is 2.32. The summed E-state index contributed by atoms with van der Waals surface area (Å²) >= 11 is 0. The molecule has 1 aliphatic rings. The topological polar surface area (TPSA) is 41.9 Å². The molecule has 4 nitrogen and oxygen atoms in total. The summed E-state index contributed by atoms with van der Waals surface area (Å²) in [6.45, 7) is 0. The zero-order valence-corrected chi connectivity index (χ0v) is 14.9. The number of carbonyl (C=O) groups excluding carboxylic acids is 1. The fourth-order valence-corrected chi connectivity index (χ4v) is 2.98. The molecule has 0 spiro atoms. The predicted molar refractivity (Wildman–Crippen MR) is 108 cm³/mol. The van der Waals surface area contributed by atoms with Crippen LogP contribution >= 0.6 is 0 Å². The minimum absolute atomic E-state index is 0.150. The molecule has 0 saturated heterocycles. The van der Waals surface area contributed by atoms with Gasteiger partial charge in [-0.05, 0) is 35.9 Å². The number of benzene rings is 3. The standard InChI is InChI=1S/C23H18N2O2/c1-27-20-14-12-19(13-15-20)25-22(18-10-6-3-7-11-18)24-21(23(25)26)16-17-8-4-2-5-9-17/h2-16H,1H3. The normalized spacial score (nSPS) is 15.1. The van der Waals surface area contributed by atoms with Crippen LogP contribution in [0.2, 0.25) is 0 Å². The average molecular weight is 354 g/mol. The van der Waals surface area contributed by atoms with Crippen LogP contribution in [0.25, 0.3) is 6.08 Å². The van der Waals surface area contributed by atoms with Crippen LogP contribution in [-0.4, -0.2) is 18.9 Å². The number of carbonyl (C=O) groups is 1. The number of anilines is 1. The highest BCUT2D eigenvalue weighted by Crippen LogP contribution is 2.29. The number of rotatable bonds is 4. The molecule has 0 fully saturated rings. The Bertz CT molecular complexity index is 1010. The Kier molecular flexibility index (Phi) is 4.54. The third kappa shape index (κ3) is 3.37. The van der Waals surface area contributed by atoms with Crippen molar-refractivity contribution in [2.45, 2.75) is 0 Å². The Morgan fingerprint density at radius 2 is 1.48 bits per heavy atom. The highest BCUT2D eigenvalue weighted by atomic mass is 16.5. The Hall–Kier alpha value is -3.66. The molecule has 0 saturated carbocycles. The molecule has 132 valence electrons. The Morgan fingerprint density at radius 1 is 0.852 bits per heavy atom. The monoisotopic (exact) mass is 354 g/mol. The van der Waals surface area contributed by atoms with Crippen molar-refractivity contribution in [3.63, 3.8) is 0 Å². The van der Waals surface area contributed by atoms with Gasteiger partial charge in [-0.25, -0.2) is 4.99 Å². The fraction of sp³-hybridized carbons (Fsp3) is 0.0435. The third-order valence-corrected chi connectivity index (χ3v) is 4.33. The minimum Gasteiger partial charge on any atom is -0.497 e. The molecule has 1 heterocycles. The summed E-state index contributed by atoms with van der Waals surface area (Å²) in [6.07, 6.45) is 1.81. The van der Waals surface area contributed by atoms with Gasteiger partial charge in [-0.1, -0.05) is 60.7 Å². The van der Waals surface area contributed by atoms with E-state index in [1.165, 1.54) is 0 Å². The zero-order chi connectivity index (χ0) is 18.6. The number of methoxy groups -OCH3 is 1. The van der Waals surface area contributed by atoms with Gasteiger partial charge >= 0.3 is 0 Å². The summed E-state index contributed by atoms with van der Waals surface area (Å²) in [5.74, 6) is 1.21. The molecule has 3 aromatic carbocycles. The summed E-state index contributed by atoms with van der Waals surface area (Å²) in [6, 6.07) is 26.9. The second-order valence-electron chi connectivity index (χ2n) is 6.08. The molecular weight excluding hydrogens is 336 g/mol. The zero-order valence-electron chi connectivity index (χ0n) is 14.9. The van der Waals surface area contributed by atoms with E-state index in [1.807, 2.05) is 91.0 Å². The van der Waals surface area contributed by atoms with Crippen LogP contribution in [0.3, 0.4) is 0 Å². The van der Waals surface area contributed by atoms with Gasteiger partial charge in [0.2, 0.25) is 0 Å². The lowest BCUT2D eigenvalue weighted by Gasteiger charge is -2.18. The van der Waals surface area contributed by atoms with Crippen molar-refractivity contribution in [2.24, 2.45) is 4.99 Å². The Labute approximate surface area is 158 Å². The van der Waals surface area contributed by atoms with E-state index in [9.17, 15) is 4.79 Å². The molecule has 3 aromatic rings. The molecule has 0 unspecified atom stereocenters. The third-order valence-electron chi connectivity index (χ3n) is 4.33. The first kappa shape index (κ1) is 16.8. The van der Waals surface area contributed by atoms with E-state index in [0.717, 1.165) is 22.6 Å². The van der Waals surface area contributed by atoms with Crippen LogP contribution in [0.15, 0.2) is 95.6 Å². The van der Waals surface area contributed by atoms with Crippen molar-refractivity contribution in [2.75, 3.05) is 12.0 Å². The molecule has 0 radical (unpaired) electrons. The van der Waals surface area contributed by atoms with Crippen molar-refractivity contribution < 1.29 is 9.53 Å². The summed E-state index contributed by atoms with van der Waals surface area (Å²) in [5, 5.41) is 0. The molecule has 0 aliphatic carbocycles. The van der Waals surface area contributed by atoms with E-state index >= 15 is 0 Å². The molecule has 27 heavy (non-hydrogen) atoms. The van der Waals surface area contributed by atoms with Gasteiger partial charge in [0.15, 0.2) is 0 Å². The van der Waals surface area contributed by atoms with E-state index < -0.39 is 0 Å². The van der Waals surface area contributed by atoms with E-state index in [2.05, 4.69) is 4.99 Å². The van der Waals surface area contributed by atoms with E-state index in [0.29, 0.717) is 11.5 Å². The number of hydrogen-bond acceptors (Lipinski definition) is 3. The van der Waals surface area contributed by atoms with Gasteiger partial charge in [0.1, 0.15) is 17.3 Å². The number of amides is 1. The van der Waals surface area contributed by atoms with Gasteiger partial charge in [-0.15, -0.1) is 0 Å². The summed E-state index contributed by atoms with van der Waals surface area (Å²) in [7, 11) is 1.62. The maximum absolute atomic E-state index is 13.2. The number of ether oxygens (including phenoxy) is 1. The van der Waals surface area contributed by atoms with Crippen molar-refractivity contribution in [3.8, 4) is 5.75 Å². The van der Waals surface area contributed by atoms with Gasteiger partial charge in [-0.3, -0.25) is 9.69 Å². The first-order chi connectivity index (χ1) is 13.3. The molecule has 4 heteroatoms. The molecule has 1 aliphatic heterocycles.